The smallest absolute Gasteiger partial charge is 0.231 e. The quantitative estimate of drug-likeness (QED) is 0.673. The largest absolute Gasteiger partial charge is 0.454 e. The third-order valence-electron chi connectivity index (χ3n) is 3.42. The molecule has 0 unspecified atom stereocenters. The van der Waals surface area contributed by atoms with Gasteiger partial charge in [-0.2, -0.15) is 0 Å². The number of pyridine rings is 1. The molecule has 2 aliphatic rings. The number of aromatic nitrogens is 1. The molecule has 1 aromatic heterocycles. The van der Waals surface area contributed by atoms with E-state index < -0.39 is 0 Å². The maximum atomic E-state index is 5.42. The summed E-state index contributed by atoms with van der Waals surface area (Å²) in [6, 6.07) is 4.13. The zero-order chi connectivity index (χ0) is 10.5. The first-order valence-corrected chi connectivity index (χ1v) is 5.62. The number of fused-ring (bicyclic) bond motifs is 4. The summed E-state index contributed by atoms with van der Waals surface area (Å²) in [7, 11) is 0. The Labute approximate surface area is 93.0 Å². The highest BCUT2D eigenvalue weighted by molar-refractivity contribution is 5.89. The van der Waals surface area contributed by atoms with Crippen molar-refractivity contribution < 1.29 is 9.47 Å². The number of rotatable bonds is 0. The van der Waals surface area contributed by atoms with Crippen LogP contribution in [0.5, 0.6) is 11.5 Å². The van der Waals surface area contributed by atoms with Crippen LogP contribution in [0, 0.1) is 0 Å². The van der Waals surface area contributed by atoms with Gasteiger partial charge in [0, 0.05) is 17.3 Å². The van der Waals surface area contributed by atoms with Crippen LogP contribution in [0.2, 0.25) is 0 Å². The molecular weight excluding hydrogens is 202 g/mol. The lowest BCUT2D eigenvalue weighted by Crippen LogP contribution is -1.92. The van der Waals surface area contributed by atoms with E-state index in [2.05, 4.69) is 11.1 Å². The Morgan fingerprint density at radius 1 is 1.06 bits per heavy atom. The number of benzene rings is 1. The molecule has 0 spiro atoms. The zero-order valence-corrected chi connectivity index (χ0v) is 8.82. The normalized spacial score (nSPS) is 16.8. The number of hydrogen-bond donors (Lipinski definition) is 0. The van der Waals surface area contributed by atoms with Crippen LogP contribution in [0.3, 0.4) is 0 Å². The fraction of sp³-hybridized carbons (Fsp3) is 0.308. The van der Waals surface area contributed by atoms with Gasteiger partial charge in [0.05, 0.1) is 0 Å². The molecule has 4 rings (SSSR count). The van der Waals surface area contributed by atoms with Gasteiger partial charge in [-0.25, -0.2) is 0 Å². The second-order valence-corrected chi connectivity index (χ2v) is 4.33. The lowest BCUT2D eigenvalue weighted by molar-refractivity contribution is 0.174. The summed E-state index contributed by atoms with van der Waals surface area (Å²) in [4.78, 5) is 4.52. The summed E-state index contributed by atoms with van der Waals surface area (Å²) in [5, 5.41) is 2.44. The van der Waals surface area contributed by atoms with Crippen molar-refractivity contribution in [2.24, 2.45) is 0 Å². The number of nitrogens with zero attached hydrogens (tertiary/aromatic N) is 1. The maximum Gasteiger partial charge on any atom is 0.231 e. The van der Waals surface area contributed by atoms with E-state index in [1.807, 2.05) is 12.3 Å². The van der Waals surface area contributed by atoms with Gasteiger partial charge >= 0.3 is 0 Å². The highest BCUT2D eigenvalue weighted by atomic mass is 16.7. The van der Waals surface area contributed by atoms with E-state index in [9.17, 15) is 0 Å². The molecule has 1 aliphatic carbocycles. The van der Waals surface area contributed by atoms with E-state index in [1.165, 1.54) is 23.1 Å². The molecule has 2 heterocycles. The summed E-state index contributed by atoms with van der Waals surface area (Å²) in [6.45, 7) is 0.335. The lowest BCUT2D eigenvalue weighted by Gasteiger charge is -2.05. The van der Waals surface area contributed by atoms with Crippen molar-refractivity contribution >= 4 is 10.8 Å². The molecule has 3 heteroatoms. The van der Waals surface area contributed by atoms with Gasteiger partial charge in [0.1, 0.15) is 0 Å². The standard InChI is InChI=1S/C13H11NO2/c1-2-9-10-5-13-12(15-7-16-13)4-8(10)6-14-11(9)3-1/h4-6H,1-3,7H2. The first-order chi connectivity index (χ1) is 7.92. The predicted molar refractivity (Wildman–Crippen MR) is 59.9 cm³/mol. The molecule has 0 saturated heterocycles. The van der Waals surface area contributed by atoms with Gasteiger partial charge in [0.2, 0.25) is 6.79 Å². The Bertz CT molecular complexity index is 592. The van der Waals surface area contributed by atoms with Gasteiger partial charge in [0.25, 0.3) is 0 Å². The SMILES string of the molecule is c1nc2c(c3cc4c(cc13)OCO4)CCC2. The van der Waals surface area contributed by atoms with Crippen LogP contribution in [0.15, 0.2) is 18.3 Å². The van der Waals surface area contributed by atoms with Crippen LogP contribution in [0.1, 0.15) is 17.7 Å². The van der Waals surface area contributed by atoms with Crippen LogP contribution in [-0.2, 0) is 12.8 Å². The molecule has 0 radical (unpaired) electrons. The van der Waals surface area contributed by atoms with E-state index in [4.69, 9.17) is 9.47 Å². The molecule has 0 atom stereocenters. The van der Waals surface area contributed by atoms with Crippen LogP contribution in [-0.4, -0.2) is 11.8 Å². The number of ether oxygens (including phenoxy) is 2. The van der Waals surface area contributed by atoms with Crippen LogP contribution < -0.4 is 9.47 Å². The molecule has 1 aromatic carbocycles. The Morgan fingerprint density at radius 2 is 1.94 bits per heavy atom. The topological polar surface area (TPSA) is 31.4 Å². The molecular formula is C13H11NO2. The number of aryl methyl sites for hydroxylation is 2. The first-order valence-electron chi connectivity index (χ1n) is 5.62. The lowest BCUT2D eigenvalue weighted by atomic mass is 10.1. The zero-order valence-electron chi connectivity index (χ0n) is 8.82. The summed E-state index contributed by atoms with van der Waals surface area (Å²) >= 11 is 0. The second-order valence-electron chi connectivity index (χ2n) is 4.33. The minimum atomic E-state index is 0.335. The van der Waals surface area contributed by atoms with Gasteiger partial charge < -0.3 is 9.47 Å². The Hall–Kier alpha value is -1.77. The molecule has 0 amide bonds. The minimum absolute atomic E-state index is 0.335. The van der Waals surface area contributed by atoms with E-state index in [1.54, 1.807) is 0 Å². The van der Waals surface area contributed by atoms with Gasteiger partial charge in [0.15, 0.2) is 11.5 Å². The highest BCUT2D eigenvalue weighted by Crippen LogP contribution is 2.38. The fourth-order valence-corrected chi connectivity index (χ4v) is 2.63. The Morgan fingerprint density at radius 3 is 2.88 bits per heavy atom. The first kappa shape index (κ1) is 8.39. The maximum absolute atomic E-state index is 5.42. The molecule has 1 aliphatic heterocycles. The van der Waals surface area contributed by atoms with Crippen LogP contribution >= 0.6 is 0 Å². The molecule has 0 bridgehead atoms. The van der Waals surface area contributed by atoms with Crippen LogP contribution in [0.4, 0.5) is 0 Å². The third kappa shape index (κ3) is 1.00. The molecule has 2 aromatic rings. The molecule has 3 nitrogen and oxygen atoms in total. The molecule has 0 saturated carbocycles. The molecule has 0 fully saturated rings. The Kier molecular flexibility index (Phi) is 1.51. The summed E-state index contributed by atoms with van der Waals surface area (Å²) in [5.74, 6) is 1.71. The van der Waals surface area contributed by atoms with Crippen molar-refractivity contribution in [2.75, 3.05) is 6.79 Å². The highest BCUT2D eigenvalue weighted by Gasteiger charge is 2.19. The van der Waals surface area contributed by atoms with Gasteiger partial charge in [-0.1, -0.05) is 0 Å². The van der Waals surface area contributed by atoms with Crippen molar-refractivity contribution in [2.45, 2.75) is 19.3 Å². The fourth-order valence-electron chi connectivity index (χ4n) is 2.63. The van der Waals surface area contributed by atoms with Crippen molar-refractivity contribution in [1.29, 1.82) is 0 Å². The average Bonchev–Trinajstić information content (AvgIpc) is 2.94. The van der Waals surface area contributed by atoms with E-state index in [-0.39, 0.29) is 0 Å². The van der Waals surface area contributed by atoms with Crippen molar-refractivity contribution in [3.05, 3.63) is 29.6 Å². The average molecular weight is 213 g/mol. The predicted octanol–water partition coefficient (Wildman–Crippen LogP) is 2.45. The van der Waals surface area contributed by atoms with Crippen molar-refractivity contribution in [3.8, 4) is 11.5 Å². The van der Waals surface area contributed by atoms with Gasteiger partial charge in [-0.15, -0.1) is 0 Å². The van der Waals surface area contributed by atoms with E-state index in [0.29, 0.717) is 6.79 Å². The van der Waals surface area contributed by atoms with E-state index >= 15 is 0 Å². The summed E-state index contributed by atoms with van der Waals surface area (Å²) in [6.07, 6.45) is 5.41. The molecule has 80 valence electrons. The third-order valence-corrected chi connectivity index (χ3v) is 3.42. The van der Waals surface area contributed by atoms with E-state index in [0.717, 1.165) is 29.7 Å². The summed E-state index contributed by atoms with van der Waals surface area (Å²) < 4.78 is 10.8. The molecule has 0 N–H and O–H groups in total. The van der Waals surface area contributed by atoms with Crippen molar-refractivity contribution in [1.82, 2.24) is 4.98 Å². The van der Waals surface area contributed by atoms with Gasteiger partial charge in [-0.3, -0.25) is 4.98 Å². The number of hydrogen-bond acceptors (Lipinski definition) is 3. The van der Waals surface area contributed by atoms with Crippen LogP contribution in [0.25, 0.3) is 10.8 Å². The van der Waals surface area contributed by atoms with Crippen molar-refractivity contribution in [3.63, 3.8) is 0 Å². The monoisotopic (exact) mass is 213 g/mol. The molecule has 16 heavy (non-hydrogen) atoms. The Balaban J connectivity index is 2.08. The van der Waals surface area contributed by atoms with Gasteiger partial charge in [-0.05, 0) is 42.3 Å². The minimum Gasteiger partial charge on any atom is -0.454 e. The second kappa shape index (κ2) is 2.88. The summed E-state index contributed by atoms with van der Waals surface area (Å²) in [5.41, 5.74) is 2.65.